The van der Waals surface area contributed by atoms with Crippen molar-refractivity contribution in [3.8, 4) is 44.9 Å². The number of benzene rings is 6. The van der Waals surface area contributed by atoms with Gasteiger partial charge in [0.15, 0.2) is 0 Å². The summed E-state index contributed by atoms with van der Waals surface area (Å²) in [4.78, 5) is 14.4. The van der Waals surface area contributed by atoms with Crippen molar-refractivity contribution in [2.75, 3.05) is 0 Å². The highest BCUT2D eigenvalue weighted by Crippen LogP contribution is 2.43. The smallest absolute Gasteiger partial charge is 0.143 e. The lowest BCUT2D eigenvalue weighted by Gasteiger charge is -2.22. The number of hydrogen-bond donors (Lipinski definition) is 1. The van der Waals surface area contributed by atoms with E-state index in [0.717, 1.165) is 61.4 Å². The van der Waals surface area contributed by atoms with Crippen molar-refractivity contribution in [3.05, 3.63) is 145 Å². The van der Waals surface area contributed by atoms with E-state index in [4.69, 9.17) is 9.97 Å². The summed E-state index contributed by atoms with van der Waals surface area (Å²) < 4.78 is 2.43. The molecule has 0 saturated heterocycles. The summed E-state index contributed by atoms with van der Waals surface area (Å²) in [5.74, 6) is 0.981. The van der Waals surface area contributed by atoms with Gasteiger partial charge in [-0.2, -0.15) is 0 Å². The van der Waals surface area contributed by atoms with Crippen LogP contribution in [0, 0.1) is 0 Å². The Labute approximate surface area is 323 Å². The topological polar surface area (TPSA) is 46.5 Å². The maximum absolute atomic E-state index is 5.64. The minimum atomic E-state index is -0.0542. The van der Waals surface area contributed by atoms with Gasteiger partial charge in [-0.3, -0.25) is 4.98 Å². The second-order valence-electron chi connectivity index (χ2n) is 17.4. The zero-order valence-electron chi connectivity index (χ0n) is 33.1. The first kappa shape index (κ1) is 34.7. The minimum absolute atomic E-state index is 0.0493. The van der Waals surface area contributed by atoms with E-state index in [1.807, 2.05) is 6.20 Å². The summed E-state index contributed by atoms with van der Waals surface area (Å²) in [7, 11) is 0. The molecule has 0 unspecified atom stereocenters. The van der Waals surface area contributed by atoms with Crippen molar-refractivity contribution in [1.82, 2.24) is 19.5 Å². The van der Waals surface area contributed by atoms with E-state index in [0.29, 0.717) is 0 Å². The molecule has 0 saturated carbocycles. The monoisotopic (exact) mass is 716 g/mol. The van der Waals surface area contributed by atoms with Crippen molar-refractivity contribution in [1.29, 1.82) is 0 Å². The fourth-order valence-corrected chi connectivity index (χ4v) is 8.20. The third-order valence-electron chi connectivity index (χ3n) is 11.2. The van der Waals surface area contributed by atoms with Crippen molar-refractivity contribution in [2.24, 2.45) is 0 Å². The first-order valence-corrected chi connectivity index (χ1v) is 19.5. The van der Waals surface area contributed by atoms with Crippen molar-refractivity contribution in [3.63, 3.8) is 0 Å². The van der Waals surface area contributed by atoms with Gasteiger partial charge in [-0.15, -0.1) is 0 Å². The van der Waals surface area contributed by atoms with Crippen LogP contribution in [0.25, 0.3) is 88.5 Å². The molecule has 0 radical (unpaired) electrons. The van der Waals surface area contributed by atoms with Crippen LogP contribution >= 0.6 is 0 Å². The van der Waals surface area contributed by atoms with Gasteiger partial charge in [0.1, 0.15) is 5.82 Å². The maximum Gasteiger partial charge on any atom is 0.143 e. The molecule has 1 N–H and O–H groups in total. The lowest BCUT2D eigenvalue weighted by molar-refractivity contribution is 0.590. The molecule has 0 bridgehead atoms. The number of hydrogen-bond acceptors (Lipinski definition) is 2. The van der Waals surface area contributed by atoms with Crippen LogP contribution in [0.3, 0.4) is 0 Å². The quantitative estimate of drug-likeness (QED) is 0.193. The first-order valence-electron chi connectivity index (χ1n) is 19.5. The number of aromatic amines is 1. The number of aromatic nitrogens is 4. The third-order valence-corrected chi connectivity index (χ3v) is 11.2. The number of pyridine rings is 1. The van der Waals surface area contributed by atoms with Crippen molar-refractivity contribution in [2.45, 2.75) is 72.3 Å². The molecule has 0 amide bonds. The van der Waals surface area contributed by atoms with E-state index in [2.05, 4.69) is 192 Å². The predicted molar refractivity (Wildman–Crippen MR) is 234 cm³/mol. The maximum atomic E-state index is 5.64. The Hall–Kier alpha value is -6.00. The lowest BCUT2D eigenvalue weighted by Crippen LogP contribution is -2.12. The van der Waals surface area contributed by atoms with Crippen molar-refractivity contribution < 1.29 is 0 Å². The van der Waals surface area contributed by atoms with Crippen LogP contribution in [-0.4, -0.2) is 19.5 Å². The zero-order chi connectivity index (χ0) is 38.2. The number of imidazole rings is 1. The summed E-state index contributed by atoms with van der Waals surface area (Å²) in [6.07, 6.45) is 1.93. The molecule has 0 spiro atoms. The molecule has 6 aromatic carbocycles. The minimum Gasteiger partial charge on any atom is -0.354 e. The largest absolute Gasteiger partial charge is 0.354 e. The van der Waals surface area contributed by atoms with Gasteiger partial charge in [0, 0.05) is 45.2 Å². The predicted octanol–water partition coefficient (Wildman–Crippen LogP) is 14.1. The Morgan fingerprint density at radius 2 is 1.31 bits per heavy atom. The molecule has 0 aliphatic carbocycles. The molecule has 0 aliphatic heterocycles. The van der Waals surface area contributed by atoms with Gasteiger partial charge < -0.3 is 9.55 Å². The van der Waals surface area contributed by atoms with E-state index in [-0.39, 0.29) is 16.9 Å². The molecule has 4 nitrogen and oxygen atoms in total. The first-order chi connectivity index (χ1) is 26.3. The Morgan fingerprint density at radius 3 is 2.07 bits per heavy atom. The fourth-order valence-electron chi connectivity index (χ4n) is 8.20. The normalized spacial score (nSPS) is 12.5. The summed E-state index contributed by atoms with van der Waals surface area (Å²) >= 11 is 0. The Bertz CT molecular complexity index is 2910. The second kappa shape index (κ2) is 12.8. The molecule has 0 fully saturated rings. The molecule has 0 aliphatic rings. The molecule has 3 aromatic heterocycles. The SMILES string of the molecule is CC(C)n1c(-c2cc(C(C)(C)C)cc3c2[nH]c2ccc(C(C)(C)C)cc23)nc2c(-c3cc(-c4cc(-c5ccccc5)ccn4)c4ccccc4c3)cccc21. The van der Waals surface area contributed by atoms with E-state index < -0.39 is 0 Å². The highest BCUT2D eigenvalue weighted by Gasteiger charge is 2.25. The van der Waals surface area contributed by atoms with Gasteiger partial charge in [0.25, 0.3) is 0 Å². The fraction of sp³-hybridized carbons (Fsp3) is 0.216. The average molecular weight is 717 g/mol. The van der Waals surface area contributed by atoms with Crippen LogP contribution in [0.1, 0.15) is 72.6 Å². The number of H-pyrrole nitrogens is 1. The van der Waals surface area contributed by atoms with Crippen LogP contribution in [0.4, 0.5) is 0 Å². The van der Waals surface area contributed by atoms with Gasteiger partial charge >= 0.3 is 0 Å². The van der Waals surface area contributed by atoms with Gasteiger partial charge in [0.2, 0.25) is 0 Å². The number of nitrogens with zero attached hydrogens (tertiary/aromatic N) is 3. The summed E-state index contributed by atoms with van der Waals surface area (Å²) in [5.41, 5.74) is 14.8. The Kier molecular flexibility index (Phi) is 8.09. The molecule has 4 heteroatoms. The van der Waals surface area contributed by atoms with E-state index in [9.17, 15) is 0 Å². The lowest BCUT2D eigenvalue weighted by atomic mass is 9.84. The van der Waals surface area contributed by atoms with Crippen LogP contribution in [0.5, 0.6) is 0 Å². The van der Waals surface area contributed by atoms with Gasteiger partial charge in [0.05, 0.1) is 22.2 Å². The summed E-state index contributed by atoms with van der Waals surface area (Å²) in [6.45, 7) is 18.3. The van der Waals surface area contributed by atoms with E-state index in [1.54, 1.807) is 0 Å². The van der Waals surface area contributed by atoms with Crippen LogP contribution in [-0.2, 0) is 10.8 Å². The summed E-state index contributed by atoms with van der Waals surface area (Å²) in [5, 5.41) is 4.86. The van der Waals surface area contributed by atoms with Crippen LogP contribution in [0.15, 0.2) is 134 Å². The molecule has 9 aromatic rings. The average Bonchev–Trinajstić information content (AvgIpc) is 3.76. The molecule has 272 valence electrons. The van der Waals surface area contributed by atoms with Crippen LogP contribution in [0.2, 0.25) is 0 Å². The molecule has 55 heavy (non-hydrogen) atoms. The van der Waals surface area contributed by atoms with Crippen LogP contribution < -0.4 is 0 Å². The molecule has 3 heterocycles. The number of nitrogens with one attached hydrogen (secondary N) is 1. The van der Waals surface area contributed by atoms with Gasteiger partial charge in [-0.05, 0) is 118 Å². The molecular formula is C51H48N4. The highest BCUT2D eigenvalue weighted by atomic mass is 15.1. The second-order valence-corrected chi connectivity index (χ2v) is 17.4. The number of fused-ring (bicyclic) bond motifs is 5. The van der Waals surface area contributed by atoms with E-state index >= 15 is 0 Å². The van der Waals surface area contributed by atoms with E-state index in [1.165, 1.54) is 38.2 Å². The highest BCUT2D eigenvalue weighted by molar-refractivity contribution is 6.13. The Morgan fingerprint density at radius 1 is 0.564 bits per heavy atom. The van der Waals surface area contributed by atoms with Gasteiger partial charge in [-0.1, -0.05) is 114 Å². The molecular weight excluding hydrogens is 669 g/mol. The van der Waals surface area contributed by atoms with Gasteiger partial charge in [-0.25, -0.2) is 4.98 Å². The Balaban J connectivity index is 1.29. The number of rotatable bonds is 5. The molecule has 9 rings (SSSR count). The standard InChI is InChI=1S/C51H48N4/c1-31(2)55-46-20-14-19-39(35-25-34-17-12-13-18-38(34)40(26-35)45-27-33(23-24-52-45)32-15-10-9-11-16-32)48(46)54-49(55)43-30-37(51(6,7)8)29-42-41-28-36(50(3,4)5)21-22-44(41)53-47(42)43/h9-31,53H,1-8H3. The zero-order valence-corrected chi connectivity index (χ0v) is 33.1. The van der Waals surface area contributed by atoms with Crippen molar-refractivity contribution >= 4 is 43.6 Å². The molecule has 0 atom stereocenters. The summed E-state index contributed by atoms with van der Waals surface area (Å²) in [6, 6.07) is 46.6. The number of para-hydroxylation sites is 1. The third kappa shape index (κ3) is 6.01.